The van der Waals surface area contributed by atoms with Gasteiger partial charge >= 0.3 is 0 Å². The number of nitrogens with one attached hydrogen (secondary N) is 2. The van der Waals surface area contributed by atoms with Crippen molar-refractivity contribution >= 4 is 28.6 Å². The number of methoxy groups -OCH3 is 1. The van der Waals surface area contributed by atoms with E-state index in [1.807, 2.05) is 26.0 Å². The molecular weight excluding hydrogens is 386 g/mol. The summed E-state index contributed by atoms with van der Waals surface area (Å²) in [5.74, 6) is 1.42. The van der Waals surface area contributed by atoms with Crippen molar-refractivity contribution in [2.24, 2.45) is 0 Å². The number of hydrogen-bond donors (Lipinski definition) is 2. The fraction of sp³-hybridized carbons (Fsp3) is 0.381. The Morgan fingerprint density at radius 3 is 2.80 bits per heavy atom. The molecule has 0 atom stereocenters. The number of aromatic amines is 1. The smallest absolute Gasteiger partial charge is 0.254 e. The molecule has 0 radical (unpaired) electrons. The average Bonchev–Trinajstić information content (AvgIpc) is 3.23. The minimum Gasteiger partial charge on any atom is -0.494 e. The molecule has 1 aliphatic heterocycles. The van der Waals surface area contributed by atoms with Gasteiger partial charge in [-0.2, -0.15) is 9.97 Å². The Kier molecular flexibility index (Phi) is 5.71. The molecule has 2 aromatic heterocycles. The topological polar surface area (TPSA) is 102 Å². The zero-order valence-electron chi connectivity index (χ0n) is 17.3. The van der Waals surface area contributed by atoms with Crippen LogP contribution in [0.5, 0.6) is 11.6 Å². The summed E-state index contributed by atoms with van der Waals surface area (Å²) in [6, 6.07) is 5.48. The fourth-order valence-corrected chi connectivity index (χ4v) is 3.56. The highest BCUT2D eigenvalue weighted by atomic mass is 16.5. The number of carbonyl (C=O) groups excluding carboxylic acids is 1. The maximum atomic E-state index is 12.9. The van der Waals surface area contributed by atoms with Crippen molar-refractivity contribution in [2.45, 2.75) is 13.8 Å². The standard InChI is InChI=1S/C21H25N5O4/c1-4-30-19-15-7-8-22-18(15)24-21(25-19)23-16-6-5-14(13(2)17(16)28-3)20(27)26-9-11-29-12-10-26/h5-8H,4,9-12H2,1-3H3,(H2,22,23,24,25). The molecule has 1 aliphatic rings. The van der Waals surface area contributed by atoms with E-state index >= 15 is 0 Å². The van der Waals surface area contributed by atoms with Crippen LogP contribution in [0.2, 0.25) is 0 Å². The van der Waals surface area contributed by atoms with E-state index in [4.69, 9.17) is 14.2 Å². The first kappa shape index (κ1) is 20.0. The van der Waals surface area contributed by atoms with Gasteiger partial charge in [0.2, 0.25) is 11.8 Å². The Hall–Kier alpha value is -3.33. The normalized spacial score (nSPS) is 14.0. The second kappa shape index (κ2) is 8.58. The molecule has 1 fully saturated rings. The third-order valence-electron chi connectivity index (χ3n) is 5.05. The molecule has 0 bridgehead atoms. The summed E-state index contributed by atoms with van der Waals surface area (Å²) in [4.78, 5) is 26.8. The Morgan fingerprint density at radius 2 is 2.07 bits per heavy atom. The molecule has 30 heavy (non-hydrogen) atoms. The third kappa shape index (κ3) is 3.76. The van der Waals surface area contributed by atoms with Gasteiger partial charge in [-0.3, -0.25) is 4.79 Å². The van der Waals surface area contributed by atoms with Crippen LogP contribution in [0.25, 0.3) is 11.0 Å². The Bertz CT molecular complexity index is 1060. The molecule has 1 saturated heterocycles. The summed E-state index contributed by atoms with van der Waals surface area (Å²) >= 11 is 0. The van der Waals surface area contributed by atoms with Crippen LogP contribution in [0.1, 0.15) is 22.8 Å². The van der Waals surface area contributed by atoms with Crippen molar-refractivity contribution in [1.82, 2.24) is 19.9 Å². The number of carbonyl (C=O) groups is 1. The molecule has 9 heteroatoms. The Labute approximate surface area is 174 Å². The molecule has 3 aromatic rings. The first-order valence-corrected chi connectivity index (χ1v) is 9.92. The lowest BCUT2D eigenvalue weighted by Crippen LogP contribution is -2.41. The quantitative estimate of drug-likeness (QED) is 0.643. The number of nitrogens with zero attached hydrogens (tertiary/aromatic N) is 3. The third-order valence-corrected chi connectivity index (χ3v) is 5.05. The van der Waals surface area contributed by atoms with E-state index in [2.05, 4.69) is 20.3 Å². The van der Waals surface area contributed by atoms with Crippen LogP contribution in [0.4, 0.5) is 11.6 Å². The lowest BCUT2D eigenvalue weighted by atomic mass is 10.0. The number of ether oxygens (including phenoxy) is 3. The first-order chi connectivity index (χ1) is 14.6. The zero-order valence-corrected chi connectivity index (χ0v) is 17.3. The van der Waals surface area contributed by atoms with Gasteiger partial charge in [0, 0.05) is 30.4 Å². The van der Waals surface area contributed by atoms with Crippen LogP contribution in [0.15, 0.2) is 24.4 Å². The zero-order chi connectivity index (χ0) is 21.1. The summed E-state index contributed by atoms with van der Waals surface area (Å²) in [7, 11) is 1.58. The highest BCUT2D eigenvalue weighted by Gasteiger charge is 2.23. The van der Waals surface area contributed by atoms with Gasteiger partial charge in [-0.1, -0.05) is 0 Å². The molecule has 2 N–H and O–H groups in total. The molecule has 158 valence electrons. The summed E-state index contributed by atoms with van der Waals surface area (Å²) < 4.78 is 16.6. The van der Waals surface area contributed by atoms with E-state index < -0.39 is 0 Å². The van der Waals surface area contributed by atoms with Crippen LogP contribution in [-0.4, -0.2) is 65.8 Å². The first-order valence-electron chi connectivity index (χ1n) is 9.92. The van der Waals surface area contributed by atoms with Crippen molar-refractivity contribution in [3.8, 4) is 11.6 Å². The minimum atomic E-state index is -0.0247. The van der Waals surface area contributed by atoms with Gasteiger partial charge in [0.1, 0.15) is 11.4 Å². The minimum absolute atomic E-state index is 0.0247. The summed E-state index contributed by atoms with van der Waals surface area (Å²) in [6.07, 6.45) is 1.79. The molecule has 9 nitrogen and oxygen atoms in total. The second-order valence-electron chi connectivity index (χ2n) is 6.87. The summed E-state index contributed by atoms with van der Waals surface area (Å²) in [6.45, 7) is 6.57. The molecule has 4 rings (SSSR count). The molecular formula is C21H25N5O4. The van der Waals surface area contributed by atoms with Crippen LogP contribution >= 0.6 is 0 Å². The van der Waals surface area contributed by atoms with Gasteiger partial charge in [-0.15, -0.1) is 0 Å². The molecule has 3 heterocycles. The Balaban J connectivity index is 1.66. The van der Waals surface area contributed by atoms with Gasteiger partial charge in [0.05, 0.1) is 38.0 Å². The van der Waals surface area contributed by atoms with Crippen molar-refractivity contribution < 1.29 is 19.0 Å². The molecule has 1 amide bonds. The van der Waals surface area contributed by atoms with E-state index in [9.17, 15) is 4.79 Å². The van der Waals surface area contributed by atoms with Crippen molar-refractivity contribution in [1.29, 1.82) is 0 Å². The van der Waals surface area contributed by atoms with Crippen molar-refractivity contribution in [3.05, 3.63) is 35.5 Å². The lowest BCUT2D eigenvalue weighted by Gasteiger charge is -2.28. The van der Waals surface area contributed by atoms with Gasteiger partial charge in [-0.05, 0) is 32.0 Å². The lowest BCUT2D eigenvalue weighted by molar-refractivity contribution is 0.0302. The fourth-order valence-electron chi connectivity index (χ4n) is 3.56. The maximum Gasteiger partial charge on any atom is 0.254 e. The molecule has 0 saturated carbocycles. The number of aromatic nitrogens is 3. The van der Waals surface area contributed by atoms with E-state index in [-0.39, 0.29) is 5.91 Å². The maximum absolute atomic E-state index is 12.9. The molecule has 0 aliphatic carbocycles. The van der Waals surface area contributed by atoms with E-state index in [0.717, 1.165) is 10.9 Å². The summed E-state index contributed by atoms with van der Waals surface area (Å²) in [5, 5.41) is 4.02. The largest absolute Gasteiger partial charge is 0.494 e. The predicted molar refractivity (Wildman–Crippen MR) is 113 cm³/mol. The summed E-state index contributed by atoms with van der Waals surface area (Å²) in [5.41, 5.74) is 2.70. The van der Waals surface area contributed by atoms with Gasteiger partial charge in [-0.25, -0.2) is 0 Å². The number of amides is 1. The van der Waals surface area contributed by atoms with Crippen LogP contribution < -0.4 is 14.8 Å². The van der Waals surface area contributed by atoms with E-state index in [1.165, 1.54) is 0 Å². The number of fused-ring (bicyclic) bond motifs is 1. The van der Waals surface area contributed by atoms with Gasteiger partial charge < -0.3 is 29.4 Å². The van der Waals surface area contributed by atoms with Crippen molar-refractivity contribution in [3.63, 3.8) is 0 Å². The van der Waals surface area contributed by atoms with Gasteiger partial charge in [0.15, 0.2) is 0 Å². The number of hydrogen-bond acceptors (Lipinski definition) is 7. The Morgan fingerprint density at radius 1 is 1.27 bits per heavy atom. The van der Waals surface area contributed by atoms with Crippen molar-refractivity contribution in [2.75, 3.05) is 45.3 Å². The van der Waals surface area contributed by atoms with Crippen LogP contribution in [0.3, 0.4) is 0 Å². The molecule has 1 aromatic carbocycles. The van der Waals surface area contributed by atoms with Crippen LogP contribution in [0, 0.1) is 6.92 Å². The monoisotopic (exact) mass is 411 g/mol. The van der Waals surface area contributed by atoms with Gasteiger partial charge in [0.25, 0.3) is 5.91 Å². The SMILES string of the molecule is CCOc1nc(Nc2ccc(C(=O)N3CCOCC3)c(C)c2OC)nc2[nH]ccc12. The number of H-pyrrole nitrogens is 1. The molecule has 0 spiro atoms. The average molecular weight is 411 g/mol. The predicted octanol–water partition coefficient (Wildman–Crippen LogP) is 2.89. The number of anilines is 2. The second-order valence-corrected chi connectivity index (χ2v) is 6.87. The highest BCUT2D eigenvalue weighted by Crippen LogP contribution is 2.34. The number of benzene rings is 1. The molecule has 0 unspecified atom stereocenters. The van der Waals surface area contributed by atoms with E-state index in [1.54, 1.807) is 24.3 Å². The van der Waals surface area contributed by atoms with Crippen LogP contribution in [-0.2, 0) is 4.74 Å². The highest BCUT2D eigenvalue weighted by molar-refractivity contribution is 5.97. The van der Waals surface area contributed by atoms with E-state index in [0.29, 0.717) is 67.4 Å². The number of rotatable bonds is 6. The number of morpholine rings is 1.